The molecule has 0 N–H and O–H groups in total. The number of halogens is 2. The van der Waals surface area contributed by atoms with Crippen molar-refractivity contribution in [3.05, 3.63) is 32.8 Å². The summed E-state index contributed by atoms with van der Waals surface area (Å²) in [6, 6.07) is 4.78. The summed E-state index contributed by atoms with van der Waals surface area (Å²) in [5.41, 5.74) is -0.00628. The molecule has 1 aromatic carbocycles. The van der Waals surface area contributed by atoms with Crippen molar-refractivity contribution in [2.24, 2.45) is 0 Å². The molecule has 16 heavy (non-hydrogen) atoms. The second-order valence-corrected chi connectivity index (χ2v) is 4.82. The molecule has 0 fully saturated rings. The Morgan fingerprint density at radius 3 is 2.75 bits per heavy atom. The van der Waals surface area contributed by atoms with Crippen molar-refractivity contribution in [2.75, 3.05) is 11.9 Å². The van der Waals surface area contributed by atoms with Gasteiger partial charge in [0.05, 0.1) is 11.5 Å². The number of unbranched alkanes of at least 4 members (excludes halogenated alkanes) is 1. The molecule has 0 saturated heterocycles. The van der Waals surface area contributed by atoms with Crippen LogP contribution < -0.4 is 4.74 Å². The highest BCUT2D eigenvalue weighted by Gasteiger charge is 2.15. The highest BCUT2D eigenvalue weighted by molar-refractivity contribution is 9.10. The zero-order chi connectivity index (χ0) is 12.0. The van der Waals surface area contributed by atoms with Crippen LogP contribution >= 0.6 is 31.9 Å². The lowest BCUT2D eigenvalue weighted by Gasteiger charge is -2.06. The zero-order valence-corrected chi connectivity index (χ0v) is 11.7. The summed E-state index contributed by atoms with van der Waals surface area (Å²) in [7, 11) is 0. The molecule has 0 unspecified atom stereocenters. The molecule has 6 heteroatoms. The molecule has 0 radical (unpaired) electrons. The van der Waals surface area contributed by atoms with E-state index in [1.54, 1.807) is 12.1 Å². The number of nitro groups is 1. The van der Waals surface area contributed by atoms with E-state index in [4.69, 9.17) is 4.74 Å². The Bertz CT molecular complexity index is 371. The summed E-state index contributed by atoms with van der Waals surface area (Å²) >= 11 is 6.50. The first-order chi connectivity index (χ1) is 7.65. The van der Waals surface area contributed by atoms with Crippen molar-refractivity contribution in [1.82, 2.24) is 0 Å². The largest absolute Gasteiger partial charge is 0.487 e. The summed E-state index contributed by atoms with van der Waals surface area (Å²) in [4.78, 5) is 10.3. The molecule has 1 rings (SSSR count). The second-order valence-electron chi connectivity index (χ2n) is 3.11. The van der Waals surface area contributed by atoms with E-state index in [9.17, 15) is 10.1 Å². The van der Waals surface area contributed by atoms with Gasteiger partial charge < -0.3 is 4.74 Å². The molecule has 0 atom stereocenters. The summed E-state index contributed by atoms with van der Waals surface area (Å²) in [6.45, 7) is 0.494. The van der Waals surface area contributed by atoms with Crippen molar-refractivity contribution in [3.8, 4) is 5.75 Å². The van der Waals surface area contributed by atoms with Gasteiger partial charge in [-0.1, -0.05) is 31.9 Å². The van der Waals surface area contributed by atoms with Crippen LogP contribution in [-0.4, -0.2) is 16.9 Å². The molecule has 88 valence electrons. The van der Waals surface area contributed by atoms with E-state index >= 15 is 0 Å². The van der Waals surface area contributed by atoms with Crippen LogP contribution in [0.5, 0.6) is 5.75 Å². The average molecular weight is 353 g/mol. The van der Waals surface area contributed by atoms with E-state index in [0.29, 0.717) is 16.8 Å². The van der Waals surface area contributed by atoms with Crippen LogP contribution in [0.3, 0.4) is 0 Å². The molecule has 0 amide bonds. The smallest absolute Gasteiger partial charge is 0.312 e. The monoisotopic (exact) mass is 351 g/mol. The quantitative estimate of drug-likeness (QED) is 0.337. The third-order valence-corrected chi connectivity index (χ3v) is 2.96. The molecule has 0 spiro atoms. The Morgan fingerprint density at radius 1 is 1.38 bits per heavy atom. The first kappa shape index (κ1) is 13.4. The molecule has 0 heterocycles. The minimum Gasteiger partial charge on any atom is -0.487 e. The molecule has 4 nitrogen and oxygen atoms in total. The molecule has 1 aromatic rings. The van der Waals surface area contributed by atoms with E-state index < -0.39 is 4.92 Å². The fourth-order valence-electron chi connectivity index (χ4n) is 1.13. The van der Waals surface area contributed by atoms with Gasteiger partial charge in [0.2, 0.25) is 0 Å². The maximum absolute atomic E-state index is 10.8. The molecule has 0 aliphatic rings. The molecule has 0 aliphatic carbocycles. The highest BCUT2D eigenvalue weighted by Crippen LogP contribution is 2.30. The Labute approximate surface area is 110 Å². The van der Waals surface area contributed by atoms with Gasteiger partial charge in [0.1, 0.15) is 0 Å². The maximum Gasteiger partial charge on any atom is 0.312 e. The average Bonchev–Trinajstić information content (AvgIpc) is 2.26. The Kier molecular flexibility index (Phi) is 5.76. The van der Waals surface area contributed by atoms with Crippen molar-refractivity contribution < 1.29 is 9.66 Å². The van der Waals surface area contributed by atoms with Crippen LogP contribution in [0, 0.1) is 10.1 Å². The predicted molar refractivity (Wildman–Crippen MR) is 69.3 cm³/mol. The first-order valence-corrected chi connectivity index (χ1v) is 6.69. The number of rotatable bonds is 6. The van der Waals surface area contributed by atoms with Gasteiger partial charge in [0, 0.05) is 15.9 Å². The van der Waals surface area contributed by atoms with Crippen molar-refractivity contribution in [2.45, 2.75) is 12.8 Å². The third kappa shape index (κ3) is 4.09. The normalized spacial score (nSPS) is 10.1. The number of ether oxygens (including phenoxy) is 1. The molecule has 0 aromatic heterocycles. The van der Waals surface area contributed by atoms with E-state index in [2.05, 4.69) is 31.9 Å². The number of alkyl halides is 1. The lowest BCUT2D eigenvalue weighted by Crippen LogP contribution is -2.00. The number of nitrogens with zero attached hydrogens (tertiary/aromatic N) is 1. The number of nitro benzene ring substituents is 1. The van der Waals surface area contributed by atoms with Gasteiger partial charge in [-0.3, -0.25) is 10.1 Å². The van der Waals surface area contributed by atoms with Gasteiger partial charge >= 0.3 is 5.69 Å². The summed E-state index contributed by atoms with van der Waals surface area (Å²) in [6.07, 6.45) is 1.86. The van der Waals surface area contributed by atoms with Gasteiger partial charge in [-0.25, -0.2) is 0 Å². The summed E-state index contributed by atoms with van der Waals surface area (Å²) in [5, 5.41) is 11.7. The van der Waals surface area contributed by atoms with Crippen LogP contribution in [0.1, 0.15) is 12.8 Å². The number of hydrogen-bond donors (Lipinski definition) is 0. The van der Waals surface area contributed by atoms with Crippen LogP contribution in [-0.2, 0) is 0 Å². The number of benzene rings is 1. The topological polar surface area (TPSA) is 52.4 Å². The van der Waals surface area contributed by atoms with Gasteiger partial charge in [0.15, 0.2) is 5.75 Å². The standard InChI is InChI=1S/C10H11Br2NO3/c11-5-1-2-6-16-10-4-3-8(12)7-9(10)13(14)15/h3-4,7H,1-2,5-6H2. The first-order valence-electron chi connectivity index (χ1n) is 4.78. The Balaban J connectivity index is 2.67. The van der Waals surface area contributed by atoms with Crippen molar-refractivity contribution in [3.63, 3.8) is 0 Å². The van der Waals surface area contributed by atoms with Crippen molar-refractivity contribution in [1.29, 1.82) is 0 Å². The van der Waals surface area contributed by atoms with E-state index in [-0.39, 0.29) is 5.69 Å². The zero-order valence-electron chi connectivity index (χ0n) is 8.49. The van der Waals surface area contributed by atoms with Crippen molar-refractivity contribution >= 4 is 37.5 Å². The molecular weight excluding hydrogens is 342 g/mol. The maximum atomic E-state index is 10.8. The van der Waals surface area contributed by atoms with Crippen LogP contribution in [0.15, 0.2) is 22.7 Å². The van der Waals surface area contributed by atoms with Crippen LogP contribution in [0.25, 0.3) is 0 Å². The Morgan fingerprint density at radius 2 is 2.12 bits per heavy atom. The lowest BCUT2D eigenvalue weighted by molar-refractivity contribution is -0.385. The Hall–Kier alpha value is -0.620. The van der Waals surface area contributed by atoms with E-state index in [1.807, 2.05) is 0 Å². The third-order valence-electron chi connectivity index (χ3n) is 1.90. The number of hydrogen-bond acceptors (Lipinski definition) is 3. The van der Waals surface area contributed by atoms with Crippen LogP contribution in [0.4, 0.5) is 5.69 Å². The lowest BCUT2D eigenvalue weighted by atomic mass is 10.3. The molecular formula is C10H11Br2NO3. The second kappa shape index (κ2) is 6.85. The fourth-order valence-corrected chi connectivity index (χ4v) is 1.88. The van der Waals surface area contributed by atoms with Gasteiger partial charge in [-0.15, -0.1) is 0 Å². The molecule has 0 aliphatic heterocycles. The minimum atomic E-state index is -0.440. The van der Waals surface area contributed by atoms with Crippen LogP contribution in [0.2, 0.25) is 0 Å². The van der Waals surface area contributed by atoms with E-state index in [0.717, 1.165) is 18.2 Å². The molecule has 0 bridgehead atoms. The fraction of sp³-hybridized carbons (Fsp3) is 0.400. The van der Waals surface area contributed by atoms with Gasteiger partial charge in [-0.2, -0.15) is 0 Å². The van der Waals surface area contributed by atoms with E-state index in [1.165, 1.54) is 6.07 Å². The van der Waals surface area contributed by atoms with Gasteiger partial charge in [0.25, 0.3) is 0 Å². The molecule has 0 saturated carbocycles. The summed E-state index contributed by atoms with van der Waals surface area (Å²) < 4.78 is 6.05. The minimum absolute atomic E-state index is 0.00628. The summed E-state index contributed by atoms with van der Waals surface area (Å²) in [5.74, 6) is 0.322. The van der Waals surface area contributed by atoms with Gasteiger partial charge in [-0.05, 0) is 25.0 Å². The SMILES string of the molecule is O=[N+]([O-])c1cc(Br)ccc1OCCCCBr. The predicted octanol–water partition coefficient (Wildman–Crippen LogP) is 3.91. The highest BCUT2D eigenvalue weighted by atomic mass is 79.9.